The van der Waals surface area contributed by atoms with Crippen molar-refractivity contribution >= 4 is 49.4 Å². The molecule has 2 aromatic carbocycles. The zero-order chi connectivity index (χ0) is 17.8. The van der Waals surface area contributed by atoms with Crippen molar-refractivity contribution < 1.29 is 9.34 Å². The van der Waals surface area contributed by atoms with Crippen molar-refractivity contribution in [2.45, 2.75) is 0 Å². The van der Waals surface area contributed by atoms with Gasteiger partial charge in [-0.05, 0) is 58.4 Å². The minimum atomic E-state index is -0.442. The molecule has 0 aliphatic heterocycles. The summed E-state index contributed by atoms with van der Waals surface area (Å²) in [6.07, 6.45) is 1.56. The van der Waals surface area contributed by atoms with Crippen LogP contribution in [0.2, 0.25) is 0 Å². The van der Waals surface area contributed by atoms with Crippen molar-refractivity contribution in [1.29, 1.82) is 0 Å². The fourth-order valence-corrected chi connectivity index (χ4v) is 2.91. The average Bonchev–Trinajstić information content (AvgIpc) is 3.05. The number of non-ortho nitro benzene ring substituents is 1. The molecule has 1 heterocycles. The molecule has 0 bridgehead atoms. The number of benzene rings is 2. The first-order valence-electron chi connectivity index (χ1n) is 7.12. The van der Waals surface area contributed by atoms with E-state index in [4.69, 9.17) is 4.42 Å². The summed E-state index contributed by atoms with van der Waals surface area (Å²) in [7, 11) is 0. The predicted octanol–water partition coefficient (Wildman–Crippen LogP) is 5.83. The molecule has 25 heavy (non-hydrogen) atoms. The van der Waals surface area contributed by atoms with Gasteiger partial charge in [0.1, 0.15) is 11.5 Å². The fraction of sp³-hybridized carbons (Fsp3) is 0. The summed E-state index contributed by atoms with van der Waals surface area (Å²) in [5.41, 5.74) is 4.50. The van der Waals surface area contributed by atoms with Crippen LogP contribution >= 0.6 is 31.9 Å². The number of hydrogen-bond acceptors (Lipinski definition) is 5. The van der Waals surface area contributed by atoms with Gasteiger partial charge in [0.25, 0.3) is 5.69 Å². The van der Waals surface area contributed by atoms with Gasteiger partial charge in [-0.2, -0.15) is 5.10 Å². The third-order valence-electron chi connectivity index (χ3n) is 3.29. The molecule has 0 saturated heterocycles. The number of nitrogens with zero attached hydrogens (tertiary/aromatic N) is 2. The molecule has 3 rings (SSSR count). The summed E-state index contributed by atoms with van der Waals surface area (Å²) in [6, 6.07) is 15.7. The topological polar surface area (TPSA) is 80.7 Å². The molecule has 0 radical (unpaired) electrons. The Labute approximate surface area is 160 Å². The number of nitro groups is 1. The molecule has 3 aromatic rings. The first-order valence-corrected chi connectivity index (χ1v) is 8.70. The lowest BCUT2D eigenvalue weighted by Gasteiger charge is -2.01. The molecule has 6 nitrogen and oxygen atoms in total. The van der Waals surface area contributed by atoms with Crippen LogP contribution in [0.4, 0.5) is 11.4 Å². The van der Waals surface area contributed by atoms with Crippen LogP contribution < -0.4 is 5.43 Å². The van der Waals surface area contributed by atoms with Crippen LogP contribution in [0, 0.1) is 10.1 Å². The van der Waals surface area contributed by atoms with Crippen molar-refractivity contribution in [3.63, 3.8) is 0 Å². The number of hydrazone groups is 1. The molecule has 1 aromatic heterocycles. The van der Waals surface area contributed by atoms with Gasteiger partial charge in [0, 0.05) is 26.6 Å². The highest BCUT2D eigenvalue weighted by atomic mass is 79.9. The molecule has 0 unspecified atom stereocenters. The minimum absolute atomic E-state index is 0.0164. The lowest BCUT2D eigenvalue weighted by atomic mass is 10.1. The third-order valence-corrected chi connectivity index (χ3v) is 4.47. The number of nitro benzene ring substituents is 1. The van der Waals surface area contributed by atoms with E-state index in [1.54, 1.807) is 24.4 Å². The molecular weight excluding hydrogens is 454 g/mol. The van der Waals surface area contributed by atoms with E-state index in [0.29, 0.717) is 16.0 Å². The van der Waals surface area contributed by atoms with Crippen LogP contribution in [-0.4, -0.2) is 11.1 Å². The average molecular weight is 465 g/mol. The number of anilines is 1. The number of rotatable bonds is 5. The quantitative estimate of drug-likeness (QED) is 0.292. The highest BCUT2D eigenvalue weighted by molar-refractivity contribution is 9.10. The molecule has 0 aliphatic carbocycles. The first kappa shape index (κ1) is 17.4. The van der Waals surface area contributed by atoms with Gasteiger partial charge >= 0.3 is 0 Å². The lowest BCUT2D eigenvalue weighted by molar-refractivity contribution is -0.384. The van der Waals surface area contributed by atoms with E-state index in [9.17, 15) is 10.1 Å². The zero-order valence-corrected chi connectivity index (χ0v) is 15.8. The Hall–Kier alpha value is -2.45. The molecule has 0 aliphatic rings. The van der Waals surface area contributed by atoms with Gasteiger partial charge in [-0.3, -0.25) is 15.5 Å². The Morgan fingerprint density at radius 2 is 1.84 bits per heavy atom. The monoisotopic (exact) mass is 463 g/mol. The van der Waals surface area contributed by atoms with Crippen LogP contribution in [0.25, 0.3) is 11.3 Å². The highest BCUT2D eigenvalue weighted by Crippen LogP contribution is 2.32. The van der Waals surface area contributed by atoms with Crippen LogP contribution in [-0.2, 0) is 0 Å². The maximum absolute atomic E-state index is 10.8. The molecule has 0 amide bonds. The molecule has 8 heteroatoms. The van der Waals surface area contributed by atoms with Crippen molar-refractivity contribution in [2.24, 2.45) is 5.10 Å². The van der Waals surface area contributed by atoms with E-state index < -0.39 is 4.92 Å². The summed E-state index contributed by atoms with van der Waals surface area (Å²) >= 11 is 6.71. The smallest absolute Gasteiger partial charge is 0.270 e. The van der Waals surface area contributed by atoms with E-state index >= 15 is 0 Å². The molecule has 1 N–H and O–H groups in total. The Balaban J connectivity index is 1.73. The molecule has 0 spiro atoms. The molecule has 0 saturated carbocycles. The number of furan rings is 1. The van der Waals surface area contributed by atoms with Crippen molar-refractivity contribution in [3.8, 4) is 11.3 Å². The van der Waals surface area contributed by atoms with E-state index in [2.05, 4.69) is 42.4 Å². The van der Waals surface area contributed by atoms with Gasteiger partial charge in [-0.1, -0.05) is 15.9 Å². The standard InChI is InChI=1S/C17H11Br2N3O3/c18-11-1-3-12(4-2-11)21-20-10-14-6-8-17(25-14)15-7-5-13(22(23)24)9-16(15)19/h1-10,21H/b20-10-. The van der Waals surface area contributed by atoms with E-state index in [-0.39, 0.29) is 5.69 Å². The van der Waals surface area contributed by atoms with Gasteiger partial charge in [-0.25, -0.2) is 0 Å². The van der Waals surface area contributed by atoms with Gasteiger partial charge in [0.15, 0.2) is 0 Å². The summed E-state index contributed by atoms with van der Waals surface area (Å²) in [5, 5.41) is 14.9. The summed E-state index contributed by atoms with van der Waals surface area (Å²) in [4.78, 5) is 10.4. The van der Waals surface area contributed by atoms with Crippen molar-refractivity contribution in [3.05, 3.63) is 79.4 Å². The minimum Gasteiger partial charge on any atom is -0.455 e. The normalized spacial score (nSPS) is 11.0. The van der Waals surface area contributed by atoms with Crippen LogP contribution in [0.5, 0.6) is 0 Å². The molecular formula is C17H11Br2N3O3. The Morgan fingerprint density at radius 1 is 1.08 bits per heavy atom. The maximum Gasteiger partial charge on any atom is 0.270 e. The molecule has 0 fully saturated rings. The molecule has 0 atom stereocenters. The maximum atomic E-state index is 10.8. The second kappa shape index (κ2) is 7.62. The fourth-order valence-electron chi connectivity index (χ4n) is 2.08. The summed E-state index contributed by atoms with van der Waals surface area (Å²) in [5.74, 6) is 1.15. The first-order chi connectivity index (χ1) is 12.0. The molecule has 126 valence electrons. The van der Waals surface area contributed by atoms with Gasteiger partial charge in [0.05, 0.1) is 16.8 Å². The van der Waals surface area contributed by atoms with E-state index in [1.807, 2.05) is 24.3 Å². The van der Waals surface area contributed by atoms with Crippen LogP contribution in [0.1, 0.15) is 5.76 Å². The van der Waals surface area contributed by atoms with Crippen molar-refractivity contribution in [2.75, 3.05) is 5.43 Å². The van der Waals surface area contributed by atoms with E-state index in [1.165, 1.54) is 12.1 Å². The highest BCUT2D eigenvalue weighted by Gasteiger charge is 2.12. The Bertz CT molecular complexity index is 937. The number of nitrogens with one attached hydrogen (secondary N) is 1. The number of hydrogen-bond donors (Lipinski definition) is 1. The van der Waals surface area contributed by atoms with E-state index in [0.717, 1.165) is 15.7 Å². The summed E-state index contributed by atoms with van der Waals surface area (Å²) < 4.78 is 7.29. The van der Waals surface area contributed by atoms with Crippen molar-refractivity contribution in [1.82, 2.24) is 0 Å². The van der Waals surface area contributed by atoms with Gasteiger partial charge in [0.2, 0.25) is 0 Å². The van der Waals surface area contributed by atoms with Gasteiger partial charge < -0.3 is 4.42 Å². The lowest BCUT2D eigenvalue weighted by Crippen LogP contribution is -1.89. The zero-order valence-electron chi connectivity index (χ0n) is 12.6. The second-order valence-corrected chi connectivity index (χ2v) is 6.77. The SMILES string of the molecule is O=[N+]([O-])c1ccc(-c2ccc(/C=N\Nc3ccc(Br)cc3)o2)c(Br)c1. The Morgan fingerprint density at radius 3 is 2.52 bits per heavy atom. The van der Waals surface area contributed by atoms with Crippen LogP contribution in [0.3, 0.4) is 0 Å². The third kappa shape index (κ3) is 4.34. The predicted molar refractivity (Wildman–Crippen MR) is 104 cm³/mol. The summed E-state index contributed by atoms with van der Waals surface area (Å²) in [6.45, 7) is 0. The van der Waals surface area contributed by atoms with Gasteiger partial charge in [-0.15, -0.1) is 0 Å². The Kier molecular flexibility index (Phi) is 5.30. The largest absolute Gasteiger partial charge is 0.455 e. The number of halogens is 2. The van der Waals surface area contributed by atoms with Crippen LogP contribution in [0.15, 0.2) is 73.1 Å². The second-order valence-electron chi connectivity index (χ2n) is 5.00.